The maximum Gasteiger partial charge on any atom is 0.245 e. The second-order valence-electron chi connectivity index (χ2n) is 5.78. The van der Waals surface area contributed by atoms with Gasteiger partial charge in [-0.25, -0.2) is 4.39 Å². The maximum atomic E-state index is 13.4. The molecule has 0 bridgehead atoms. The van der Waals surface area contributed by atoms with Crippen molar-refractivity contribution in [1.29, 1.82) is 0 Å². The summed E-state index contributed by atoms with van der Waals surface area (Å²) in [5.74, 6) is 0.0368. The van der Waals surface area contributed by atoms with Crippen LogP contribution >= 0.6 is 0 Å². The van der Waals surface area contributed by atoms with Crippen molar-refractivity contribution in [3.63, 3.8) is 0 Å². The van der Waals surface area contributed by atoms with Crippen LogP contribution in [0, 0.1) is 5.82 Å². The standard InChI is InChI=1S/C15H17FN2O/c16-11-2-1-10-5-7-18(14(10)9-11)13-6-8-17(15(13)19)12-3-4-12/h1-2,9,12-13H,3-8H2/t13-/m0/s1. The van der Waals surface area contributed by atoms with E-state index in [2.05, 4.69) is 4.90 Å². The summed E-state index contributed by atoms with van der Waals surface area (Å²) in [4.78, 5) is 16.6. The van der Waals surface area contributed by atoms with Crippen LogP contribution in [0.25, 0.3) is 0 Å². The fourth-order valence-electron chi connectivity index (χ4n) is 3.43. The molecule has 1 aromatic rings. The molecule has 3 aliphatic rings. The number of hydrogen-bond donors (Lipinski definition) is 0. The highest BCUT2D eigenvalue weighted by molar-refractivity contribution is 5.88. The predicted octanol–water partition coefficient (Wildman–Crippen LogP) is 1.95. The van der Waals surface area contributed by atoms with Crippen molar-refractivity contribution in [3.8, 4) is 0 Å². The molecule has 2 aliphatic heterocycles. The maximum absolute atomic E-state index is 13.4. The van der Waals surface area contributed by atoms with Gasteiger partial charge in [-0.1, -0.05) is 6.07 Å². The molecular formula is C15H17FN2O. The molecule has 0 radical (unpaired) electrons. The van der Waals surface area contributed by atoms with Gasteiger partial charge in [-0.2, -0.15) is 0 Å². The molecule has 0 unspecified atom stereocenters. The van der Waals surface area contributed by atoms with Crippen LogP contribution in [0.5, 0.6) is 0 Å². The Bertz CT molecular complexity index is 541. The van der Waals surface area contributed by atoms with Gasteiger partial charge in [-0.05, 0) is 43.4 Å². The SMILES string of the molecule is O=C1[C@@H](N2CCc3ccc(F)cc32)CCN1C1CC1. The molecule has 1 aliphatic carbocycles. The summed E-state index contributed by atoms with van der Waals surface area (Å²) in [6.45, 7) is 1.71. The van der Waals surface area contributed by atoms with Crippen molar-refractivity contribution in [2.75, 3.05) is 18.0 Å². The first kappa shape index (κ1) is 11.3. The van der Waals surface area contributed by atoms with E-state index >= 15 is 0 Å². The van der Waals surface area contributed by atoms with Gasteiger partial charge >= 0.3 is 0 Å². The van der Waals surface area contributed by atoms with Crippen LogP contribution < -0.4 is 4.90 Å². The highest BCUT2D eigenvalue weighted by Gasteiger charge is 2.43. The Labute approximate surface area is 112 Å². The molecule has 4 rings (SSSR count). The largest absolute Gasteiger partial charge is 0.359 e. The van der Waals surface area contributed by atoms with Gasteiger partial charge in [0.2, 0.25) is 5.91 Å². The molecule has 0 aromatic heterocycles. The quantitative estimate of drug-likeness (QED) is 0.811. The van der Waals surface area contributed by atoms with Crippen LogP contribution in [0.3, 0.4) is 0 Å². The Morgan fingerprint density at radius 1 is 1.11 bits per heavy atom. The second kappa shape index (κ2) is 3.95. The molecule has 2 heterocycles. The topological polar surface area (TPSA) is 23.6 Å². The number of rotatable bonds is 2. The summed E-state index contributed by atoms with van der Waals surface area (Å²) in [5, 5.41) is 0. The third-order valence-electron chi connectivity index (χ3n) is 4.55. The zero-order valence-electron chi connectivity index (χ0n) is 10.8. The van der Waals surface area contributed by atoms with E-state index in [1.54, 1.807) is 6.07 Å². The van der Waals surface area contributed by atoms with Crippen molar-refractivity contribution < 1.29 is 9.18 Å². The minimum absolute atomic E-state index is 0.0661. The average Bonchev–Trinajstić information content (AvgIpc) is 3.05. The Morgan fingerprint density at radius 2 is 1.95 bits per heavy atom. The Kier molecular flexibility index (Phi) is 2.34. The van der Waals surface area contributed by atoms with E-state index in [4.69, 9.17) is 0 Å². The fourth-order valence-corrected chi connectivity index (χ4v) is 3.43. The molecule has 4 heteroatoms. The molecule has 1 saturated carbocycles. The molecule has 0 N–H and O–H groups in total. The normalized spacial score (nSPS) is 26.2. The summed E-state index contributed by atoms with van der Waals surface area (Å²) in [5.41, 5.74) is 2.09. The zero-order chi connectivity index (χ0) is 13.0. The first-order chi connectivity index (χ1) is 9.24. The van der Waals surface area contributed by atoms with Crippen LogP contribution in [0.4, 0.5) is 10.1 Å². The summed E-state index contributed by atoms with van der Waals surface area (Å²) < 4.78 is 13.4. The van der Waals surface area contributed by atoms with Crippen LogP contribution in [0.2, 0.25) is 0 Å². The van der Waals surface area contributed by atoms with Gasteiger partial charge in [0.25, 0.3) is 0 Å². The van der Waals surface area contributed by atoms with Gasteiger partial charge < -0.3 is 9.80 Å². The van der Waals surface area contributed by atoms with Gasteiger partial charge in [0, 0.05) is 24.8 Å². The van der Waals surface area contributed by atoms with Crippen LogP contribution in [-0.4, -0.2) is 36.0 Å². The van der Waals surface area contributed by atoms with Crippen LogP contribution in [0.1, 0.15) is 24.8 Å². The number of likely N-dealkylation sites (tertiary alicyclic amines) is 1. The number of carbonyl (C=O) groups excluding carboxylic acids is 1. The molecule has 1 amide bonds. The molecule has 1 saturated heterocycles. The van der Waals surface area contributed by atoms with Crippen molar-refractivity contribution >= 4 is 11.6 Å². The Balaban J connectivity index is 1.61. The van der Waals surface area contributed by atoms with E-state index in [-0.39, 0.29) is 17.8 Å². The fraction of sp³-hybridized carbons (Fsp3) is 0.533. The third-order valence-corrected chi connectivity index (χ3v) is 4.55. The lowest BCUT2D eigenvalue weighted by molar-refractivity contribution is -0.129. The van der Waals surface area contributed by atoms with E-state index in [9.17, 15) is 9.18 Å². The van der Waals surface area contributed by atoms with Gasteiger partial charge in [0.15, 0.2) is 0 Å². The summed E-state index contributed by atoms with van der Waals surface area (Å²) >= 11 is 0. The zero-order valence-corrected chi connectivity index (χ0v) is 10.8. The van der Waals surface area contributed by atoms with E-state index in [1.807, 2.05) is 11.0 Å². The number of nitrogens with zero attached hydrogens (tertiary/aromatic N) is 2. The lowest BCUT2D eigenvalue weighted by Gasteiger charge is -2.26. The summed E-state index contributed by atoms with van der Waals surface area (Å²) in [6, 6.07) is 5.36. The molecule has 100 valence electrons. The smallest absolute Gasteiger partial charge is 0.245 e. The first-order valence-corrected chi connectivity index (χ1v) is 7.09. The van der Waals surface area contributed by atoms with E-state index < -0.39 is 0 Å². The number of carbonyl (C=O) groups is 1. The molecule has 2 fully saturated rings. The molecule has 1 aromatic carbocycles. The number of amides is 1. The molecular weight excluding hydrogens is 243 g/mol. The highest BCUT2D eigenvalue weighted by Crippen LogP contribution is 2.36. The molecule has 3 nitrogen and oxygen atoms in total. The van der Waals surface area contributed by atoms with E-state index in [1.165, 1.54) is 11.6 Å². The van der Waals surface area contributed by atoms with E-state index in [0.29, 0.717) is 6.04 Å². The Hall–Kier alpha value is -1.58. The first-order valence-electron chi connectivity index (χ1n) is 7.09. The number of halogens is 1. The number of fused-ring (bicyclic) bond motifs is 1. The number of benzene rings is 1. The minimum atomic E-state index is -0.213. The lowest BCUT2D eigenvalue weighted by Crippen LogP contribution is -2.41. The minimum Gasteiger partial charge on any atom is -0.359 e. The predicted molar refractivity (Wildman–Crippen MR) is 70.6 cm³/mol. The molecule has 19 heavy (non-hydrogen) atoms. The summed E-state index contributed by atoms with van der Waals surface area (Å²) in [6.07, 6.45) is 4.11. The van der Waals surface area contributed by atoms with Gasteiger partial charge in [0.05, 0.1) is 0 Å². The van der Waals surface area contributed by atoms with Crippen molar-refractivity contribution in [3.05, 3.63) is 29.6 Å². The number of hydrogen-bond acceptors (Lipinski definition) is 2. The Morgan fingerprint density at radius 3 is 2.74 bits per heavy atom. The second-order valence-corrected chi connectivity index (χ2v) is 5.78. The number of anilines is 1. The van der Waals surface area contributed by atoms with E-state index in [0.717, 1.165) is 44.5 Å². The molecule has 1 atom stereocenters. The highest BCUT2D eigenvalue weighted by atomic mass is 19.1. The van der Waals surface area contributed by atoms with Crippen molar-refractivity contribution in [2.45, 2.75) is 37.8 Å². The lowest BCUT2D eigenvalue weighted by atomic mass is 10.1. The third kappa shape index (κ3) is 1.73. The van der Waals surface area contributed by atoms with Crippen LogP contribution in [-0.2, 0) is 11.2 Å². The van der Waals surface area contributed by atoms with Crippen molar-refractivity contribution in [2.24, 2.45) is 0 Å². The van der Waals surface area contributed by atoms with Gasteiger partial charge in [-0.3, -0.25) is 4.79 Å². The van der Waals surface area contributed by atoms with Crippen LogP contribution in [0.15, 0.2) is 18.2 Å². The van der Waals surface area contributed by atoms with Crippen molar-refractivity contribution in [1.82, 2.24) is 4.90 Å². The molecule has 0 spiro atoms. The summed E-state index contributed by atoms with van der Waals surface area (Å²) in [7, 11) is 0. The monoisotopic (exact) mass is 260 g/mol. The average molecular weight is 260 g/mol. The van der Waals surface area contributed by atoms with Gasteiger partial charge in [-0.15, -0.1) is 0 Å². The van der Waals surface area contributed by atoms with Gasteiger partial charge in [0.1, 0.15) is 11.9 Å².